The van der Waals surface area contributed by atoms with Crippen LogP contribution in [0.3, 0.4) is 0 Å². The summed E-state index contributed by atoms with van der Waals surface area (Å²) in [6.07, 6.45) is 5.38. The van der Waals surface area contributed by atoms with Crippen molar-refractivity contribution in [2.75, 3.05) is 39.3 Å². The Morgan fingerprint density at radius 3 is 1.38 bits per heavy atom. The predicted molar refractivity (Wildman–Crippen MR) is 425 cm³/mol. The third-order valence-electron chi connectivity index (χ3n) is 17.0. The monoisotopic (exact) mass is 1970 g/mol. The van der Waals surface area contributed by atoms with Crippen molar-refractivity contribution in [1.29, 1.82) is 5.34 Å². The Morgan fingerprint density at radius 2 is 0.933 bits per heavy atom. The minimum absolute atomic E-state index is 0.0563. The Bertz CT molecular complexity index is 4580. The summed E-state index contributed by atoms with van der Waals surface area (Å²) in [5.74, 6) is 0.333. The van der Waals surface area contributed by atoms with Gasteiger partial charge in [-0.15, -0.1) is 0 Å². The lowest BCUT2D eigenvalue weighted by molar-refractivity contribution is -0.185. The Labute approximate surface area is 677 Å². The molecule has 560 valence electrons. The summed E-state index contributed by atoms with van der Waals surface area (Å²) in [6, 6.07) is 1.84. The average molecular weight is 1980 g/mol. The van der Waals surface area contributed by atoms with Crippen LogP contribution < -0.4 is 5.73 Å². The molecule has 14 heterocycles. The van der Waals surface area contributed by atoms with E-state index in [0.29, 0.717) is 59.5 Å². The number of nitrogens with two attached hydrogens (primary N) is 1. The Hall–Kier alpha value is -3.44. The summed E-state index contributed by atoms with van der Waals surface area (Å²) in [6.45, 7) is 11.7. The van der Waals surface area contributed by atoms with Gasteiger partial charge < -0.3 is 113 Å². The van der Waals surface area contributed by atoms with Gasteiger partial charge in [0.1, 0.15) is 158 Å². The summed E-state index contributed by atoms with van der Waals surface area (Å²) in [4.78, 5) is 46.1. The summed E-state index contributed by atoms with van der Waals surface area (Å²) >= 11 is 32.3. The zero-order valence-electron chi connectivity index (χ0n) is 60.6. The van der Waals surface area contributed by atoms with Gasteiger partial charge in [0.15, 0.2) is 25.0 Å². The SMILES string of the molecule is C[C@]1(O)[C@H](O)[C@@H](CO)O[C@H]1n1cc(I)c2c(Cl)ncnc21.C[C@]1(O)[C@H](O)[C@@H](CO)O[C@H]1n1cc(I)c2c(N)ncnc21.Clc1ncnc2[nH]cc(I)c12.Clc1ncnc2[nH]ccc12.[2H]B(C)OC[C@H]1OC(OC)[C@@](C)(O)[C@@H]1OB([2H])C.[2H]B(C)OC[C@H]1O[C@@H](n2cc(I)c3c(Cl)ncnc32)[C@@](C)(O)[C@@H]1OB([2H])C. The maximum Gasteiger partial charge on any atom is 0.272 e. The van der Waals surface area contributed by atoms with Crippen LogP contribution in [0, 0.1) is 14.3 Å². The fraction of sp³-hybridized carbons (Fsp3) is 0.492. The summed E-state index contributed by atoms with van der Waals surface area (Å²) in [7, 11) is -1.66. The largest absolute Gasteiger partial charge is 0.437 e. The van der Waals surface area contributed by atoms with E-state index in [1.165, 1.54) is 52.6 Å². The van der Waals surface area contributed by atoms with E-state index < -0.39 is 126 Å². The summed E-state index contributed by atoms with van der Waals surface area (Å²) in [5, 5.41) is 86.7. The second kappa shape index (κ2) is 36.6. The van der Waals surface area contributed by atoms with Crippen LogP contribution in [0.2, 0.25) is 47.9 Å². The number of H-pyrrole nitrogens is 2. The van der Waals surface area contributed by atoms with Gasteiger partial charge in [-0.2, -0.15) is 0 Å². The molecule has 4 saturated heterocycles. The molecule has 0 bridgehead atoms. The third kappa shape index (κ3) is 17.8. The molecule has 14 rings (SSSR count). The number of hydrogen-bond acceptors (Lipinski definition) is 28. The topological polar surface area (TPSA) is 446 Å². The number of anilines is 1. The molecule has 45 heteroatoms. The second-order valence-electron chi connectivity index (χ2n) is 24.0. The molecule has 12 N–H and O–H groups in total. The van der Waals surface area contributed by atoms with Crippen molar-refractivity contribution in [2.24, 2.45) is 0 Å². The van der Waals surface area contributed by atoms with E-state index in [0.717, 1.165) is 36.3 Å². The van der Waals surface area contributed by atoms with Crippen LogP contribution in [0.25, 0.3) is 55.2 Å². The van der Waals surface area contributed by atoms with Crippen LogP contribution in [0.5, 0.6) is 0 Å². The zero-order chi connectivity index (χ0) is 79.4. The van der Waals surface area contributed by atoms with Gasteiger partial charge in [-0.3, -0.25) is 0 Å². The van der Waals surface area contributed by atoms with Crippen LogP contribution in [0.4, 0.5) is 5.82 Å². The zero-order valence-corrected chi connectivity index (χ0v) is 68.2. The van der Waals surface area contributed by atoms with Crippen molar-refractivity contribution in [3.05, 3.63) is 104 Å². The number of nitrogens with zero attached hydrogens (tertiary/aromatic N) is 13. The molecule has 0 aliphatic carbocycles. The molecule has 0 aromatic carbocycles. The minimum Gasteiger partial charge on any atom is -0.437 e. The van der Waals surface area contributed by atoms with Crippen LogP contribution in [-0.2, 0) is 42.3 Å². The number of aliphatic hydroxyl groups excluding tert-OH is 4. The molecule has 10 aromatic heterocycles. The van der Waals surface area contributed by atoms with E-state index in [1.807, 2.05) is 12.3 Å². The highest BCUT2D eigenvalue weighted by atomic mass is 127. The lowest BCUT2D eigenvalue weighted by atomic mass is 9.93. The molecule has 0 spiro atoms. The van der Waals surface area contributed by atoms with Gasteiger partial charge in [-0.05, 0) is 124 Å². The van der Waals surface area contributed by atoms with Crippen molar-refractivity contribution in [1.82, 2.24) is 73.5 Å². The average Bonchev–Trinajstić information content (AvgIpc) is 1.60. The first-order valence-corrected chi connectivity index (χ1v) is 37.2. The van der Waals surface area contributed by atoms with Crippen molar-refractivity contribution >= 4 is 228 Å². The van der Waals surface area contributed by atoms with E-state index in [4.69, 9.17) is 99.8 Å². The molecule has 4 aliphatic heterocycles. The molecule has 1 unspecified atom stereocenters. The molecule has 0 amide bonds. The number of hydrogen-bond donors (Lipinski definition) is 11. The number of nitrogens with one attached hydrogen (secondary N) is 2. The Balaban J connectivity index is 0.000000153. The number of aromatic nitrogens is 15. The number of aromatic amines is 2. The normalized spacial score (nSPS) is 29.0. The van der Waals surface area contributed by atoms with E-state index in [1.54, 1.807) is 79.6 Å². The molecule has 4 fully saturated rings. The Kier molecular flexibility index (Phi) is 27.7. The van der Waals surface area contributed by atoms with Crippen molar-refractivity contribution < 1.29 is 83.2 Å². The van der Waals surface area contributed by atoms with Crippen molar-refractivity contribution in [2.45, 2.75) is 151 Å². The van der Waals surface area contributed by atoms with Gasteiger partial charge in [0.25, 0.3) is 29.8 Å². The molecule has 16 atom stereocenters. The minimum atomic E-state index is -1.57. The molecule has 10 aromatic rings. The van der Waals surface area contributed by atoms with E-state index in [2.05, 4.69) is 150 Å². The molecule has 0 saturated carbocycles. The number of fused-ring (bicyclic) bond motifs is 5. The van der Waals surface area contributed by atoms with E-state index >= 15 is 0 Å². The van der Waals surface area contributed by atoms with E-state index in [9.17, 15) is 40.9 Å². The lowest BCUT2D eigenvalue weighted by Crippen LogP contribution is -2.48. The molecule has 104 heavy (non-hydrogen) atoms. The molecule has 0 radical (unpaired) electrons. The maximum absolute atomic E-state index is 11.3. The van der Waals surface area contributed by atoms with E-state index in [-0.39, 0.29) is 26.4 Å². The summed E-state index contributed by atoms with van der Waals surface area (Å²) < 4.78 is 87.7. The van der Waals surface area contributed by atoms with Gasteiger partial charge in [-0.25, -0.2) is 49.8 Å². The fourth-order valence-corrected chi connectivity index (χ4v) is 16.4. The third-order valence-corrected chi connectivity index (χ3v) is 21.4. The predicted octanol–water partition coefficient (Wildman–Crippen LogP) is 4.99. The van der Waals surface area contributed by atoms with Crippen LogP contribution >= 0.6 is 137 Å². The number of methoxy groups -OCH3 is 1. The molecular formula is C59H74B4Cl4I4N16O17. The number of ether oxygens (including phenoxy) is 5. The van der Waals surface area contributed by atoms with Gasteiger partial charge in [-0.1, -0.05) is 73.7 Å². The lowest BCUT2D eigenvalue weighted by Gasteiger charge is -2.30. The first-order chi connectivity index (χ1) is 50.8. The number of halogens is 8. The smallest absolute Gasteiger partial charge is 0.272 e. The highest BCUT2D eigenvalue weighted by Crippen LogP contribution is 2.45. The quantitative estimate of drug-likeness (QED) is 0.0345. The molecular weight excluding hydrogens is 1900 g/mol. The van der Waals surface area contributed by atoms with Crippen molar-refractivity contribution in [3.8, 4) is 0 Å². The van der Waals surface area contributed by atoms with Crippen LogP contribution in [0.15, 0.2) is 68.7 Å². The highest BCUT2D eigenvalue weighted by Gasteiger charge is 2.57. The van der Waals surface area contributed by atoms with Crippen LogP contribution in [0.1, 0.15) is 46.4 Å². The standard InChI is InChI=1S/C14H19B2ClIN3O4.C12H13ClIN3O4.C12H15IN4O4.C9H20B2O5.C6H3ClIN3.C6H4ClN3/c1-14(22)10(25-16-3)8(5-23-15-2)24-13(14)21-4-7(18)9-11(17)19-6-20-12(9)21;1-12(20)8(19)6(3-18)21-11(12)17-2-5(14)7-9(13)15-4-16-10(7)17;1-12(20)8(19)6(3-18)21-11(12)17-2-5(13)7-9(14)15-4-16-10(7)17;1-9(12)7(16-11-3)6(5-14-10-2)15-8(9)13-4;7-5-4-3(8)1-9-6(4)11-2-10-5;7-5-4-1-2-8-6(4)10-3-9-5/h4,6,8,10,13,15-16,22H,5H2,1-3H3;2,4,6,8,11,18-20H,3H2,1H3;2,4,6,8,11,18-20H,3H2,1H3,(H2,14,15,16);6-8,10-12H,5H2,1-4H3;1-2H,(H,9,10,11);1-3H,(H,8,9,10)/t8-,10-,13-,14+;2*6-,8-,11-,12+;6-,7-,8?,9+;;/m1111../s1/i15D,16D;;;10D,11D;;. The van der Waals surface area contributed by atoms with Gasteiger partial charge in [0.05, 0.1) is 53.4 Å². The van der Waals surface area contributed by atoms with Gasteiger partial charge >= 0.3 is 0 Å². The first-order valence-electron chi connectivity index (χ1n) is 33.7. The van der Waals surface area contributed by atoms with Gasteiger partial charge in [0, 0.05) is 57.7 Å². The first kappa shape index (κ1) is 78.7. The Morgan fingerprint density at radius 1 is 0.529 bits per heavy atom. The van der Waals surface area contributed by atoms with Crippen molar-refractivity contribution in [3.63, 3.8) is 0 Å². The van der Waals surface area contributed by atoms with Crippen LogP contribution in [-0.4, -0.2) is 261 Å². The molecule has 4 aliphatic rings. The second-order valence-corrected chi connectivity index (χ2v) is 30.1. The molecule has 33 nitrogen and oxygen atoms in total. The number of nitrogen functional groups attached to an aromatic ring is 1. The maximum atomic E-state index is 11.3. The fourth-order valence-electron chi connectivity index (χ4n) is 11.9. The highest BCUT2D eigenvalue weighted by molar-refractivity contribution is 14.1. The number of rotatable bonds is 16. The number of aliphatic hydroxyl groups is 8. The summed E-state index contributed by atoms with van der Waals surface area (Å²) in [5.41, 5.74) is 2.98. The van der Waals surface area contributed by atoms with Gasteiger partial charge in [0.2, 0.25) is 0 Å².